The number of benzene rings is 1. The largest absolute Gasteiger partial charge is 0.480 e. The molecule has 1 atom stereocenters. The van der Waals surface area contributed by atoms with Gasteiger partial charge in [-0.3, -0.25) is 4.79 Å². The summed E-state index contributed by atoms with van der Waals surface area (Å²) in [6, 6.07) is 5.06. The highest BCUT2D eigenvalue weighted by molar-refractivity contribution is 9.10. The van der Waals surface area contributed by atoms with Gasteiger partial charge in [-0.05, 0) is 42.5 Å². The van der Waals surface area contributed by atoms with E-state index in [9.17, 15) is 4.79 Å². The van der Waals surface area contributed by atoms with Crippen molar-refractivity contribution < 1.29 is 9.90 Å². The number of hydrogen-bond acceptors (Lipinski definition) is 2. The van der Waals surface area contributed by atoms with E-state index in [-0.39, 0.29) is 5.92 Å². The van der Waals surface area contributed by atoms with Gasteiger partial charge in [0.15, 0.2) is 0 Å². The third-order valence-electron chi connectivity index (χ3n) is 2.88. The zero-order valence-corrected chi connectivity index (χ0v) is 11.5. The summed E-state index contributed by atoms with van der Waals surface area (Å²) in [5.74, 6) is -0.490. The van der Waals surface area contributed by atoms with E-state index in [0.29, 0.717) is 11.6 Å². The molecule has 2 rings (SSSR count). The Morgan fingerprint density at radius 2 is 2.29 bits per heavy atom. The molecule has 17 heavy (non-hydrogen) atoms. The number of hydrogen-bond donors (Lipinski definition) is 2. The average Bonchev–Trinajstić information content (AvgIpc) is 3.07. The highest BCUT2D eigenvalue weighted by Gasteiger charge is 2.35. The minimum atomic E-state index is -0.773. The van der Waals surface area contributed by atoms with Crippen LogP contribution < -0.4 is 5.32 Å². The molecule has 5 heteroatoms. The van der Waals surface area contributed by atoms with Crippen molar-refractivity contribution in [2.24, 2.45) is 5.92 Å². The van der Waals surface area contributed by atoms with Crippen LogP contribution in [0, 0.1) is 5.92 Å². The summed E-state index contributed by atoms with van der Waals surface area (Å²) < 4.78 is 0.939. The monoisotopic (exact) mass is 317 g/mol. The van der Waals surface area contributed by atoms with Crippen LogP contribution in [0.15, 0.2) is 22.7 Å². The van der Waals surface area contributed by atoms with Crippen LogP contribution in [0.3, 0.4) is 0 Å². The Balaban J connectivity index is 2.00. The van der Waals surface area contributed by atoms with Crippen LogP contribution in [-0.2, 0) is 11.3 Å². The first-order chi connectivity index (χ1) is 8.08. The summed E-state index contributed by atoms with van der Waals surface area (Å²) >= 11 is 9.33. The fourth-order valence-corrected chi connectivity index (χ4v) is 2.37. The van der Waals surface area contributed by atoms with Gasteiger partial charge in [-0.1, -0.05) is 27.5 Å². The molecule has 0 amide bonds. The summed E-state index contributed by atoms with van der Waals surface area (Å²) in [7, 11) is 0. The Hall–Kier alpha value is -0.580. The van der Waals surface area contributed by atoms with Crippen LogP contribution in [0.1, 0.15) is 18.4 Å². The molecule has 0 spiro atoms. The number of halogens is 2. The van der Waals surface area contributed by atoms with Gasteiger partial charge in [-0.2, -0.15) is 0 Å². The molecule has 0 heterocycles. The maximum atomic E-state index is 11.1. The standard InChI is InChI=1S/C12H13BrClNO2/c13-10-4-3-9(14)5-8(10)6-15-11(12(16)17)7-1-2-7/h3-5,7,11,15H,1-2,6H2,(H,16,17). The van der Waals surface area contributed by atoms with E-state index in [4.69, 9.17) is 16.7 Å². The molecule has 0 bridgehead atoms. The molecule has 0 radical (unpaired) electrons. The number of carboxylic acid groups (broad SMARTS) is 1. The lowest BCUT2D eigenvalue weighted by atomic mass is 10.1. The van der Waals surface area contributed by atoms with Gasteiger partial charge < -0.3 is 10.4 Å². The van der Waals surface area contributed by atoms with Crippen molar-refractivity contribution in [3.05, 3.63) is 33.3 Å². The van der Waals surface area contributed by atoms with E-state index in [1.165, 1.54) is 0 Å². The zero-order chi connectivity index (χ0) is 12.4. The van der Waals surface area contributed by atoms with E-state index in [2.05, 4.69) is 21.2 Å². The maximum Gasteiger partial charge on any atom is 0.320 e. The summed E-state index contributed by atoms with van der Waals surface area (Å²) in [5.41, 5.74) is 0.976. The molecule has 1 aromatic rings. The molecular weight excluding hydrogens is 305 g/mol. The Morgan fingerprint density at radius 3 is 2.88 bits per heavy atom. The predicted molar refractivity (Wildman–Crippen MR) is 70.1 cm³/mol. The van der Waals surface area contributed by atoms with Crippen molar-refractivity contribution in [3.8, 4) is 0 Å². The molecule has 1 unspecified atom stereocenters. The summed E-state index contributed by atoms with van der Waals surface area (Å²) in [6.45, 7) is 0.509. The van der Waals surface area contributed by atoms with Gasteiger partial charge in [0.25, 0.3) is 0 Å². The van der Waals surface area contributed by atoms with Gasteiger partial charge in [0.05, 0.1) is 0 Å². The molecule has 92 valence electrons. The minimum absolute atomic E-state index is 0.283. The minimum Gasteiger partial charge on any atom is -0.480 e. The molecule has 1 saturated carbocycles. The first-order valence-corrected chi connectivity index (χ1v) is 6.65. The van der Waals surface area contributed by atoms with Gasteiger partial charge in [-0.25, -0.2) is 0 Å². The molecule has 1 aliphatic rings. The average molecular weight is 319 g/mol. The number of rotatable bonds is 5. The summed E-state index contributed by atoms with van der Waals surface area (Å²) in [4.78, 5) is 11.1. The van der Waals surface area contributed by atoms with E-state index >= 15 is 0 Å². The second-order valence-electron chi connectivity index (χ2n) is 4.27. The number of carboxylic acids is 1. The normalized spacial score (nSPS) is 16.8. The summed E-state index contributed by atoms with van der Waals surface area (Å²) in [5, 5.41) is 12.8. The molecule has 0 aromatic heterocycles. The van der Waals surface area contributed by atoms with Crippen molar-refractivity contribution >= 4 is 33.5 Å². The van der Waals surface area contributed by atoms with Crippen LogP contribution in [0.4, 0.5) is 0 Å². The Labute approximate surface area is 113 Å². The molecule has 1 fully saturated rings. The van der Waals surface area contributed by atoms with Gasteiger partial charge in [0.1, 0.15) is 6.04 Å². The Bertz CT molecular complexity index is 435. The van der Waals surface area contributed by atoms with Gasteiger partial charge in [0, 0.05) is 16.0 Å². The number of aliphatic carboxylic acids is 1. The lowest BCUT2D eigenvalue weighted by molar-refractivity contribution is -0.140. The molecule has 1 aliphatic carbocycles. The lowest BCUT2D eigenvalue weighted by Crippen LogP contribution is -2.38. The van der Waals surface area contributed by atoms with Crippen molar-refractivity contribution in [1.29, 1.82) is 0 Å². The Morgan fingerprint density at radius 1 is 1.59 bits per heavy atom. The van der Waals surface area contributed by atoms with E-state index < -0.39 is 12.0 Å². The quantitative estimate of drug-likeness (QED) is 0.877. The predicted octanol–water partition coefficient (Wildman–Crippen LogP) is 3.06. The van der Waals surface area contributed by atoms with Crippen molar-refractivity contribution in [3.63, 3.8) is 0 Å². The molecule has 0 saturated heterocycles. The molecule has 2 N–H and O–H groups in total. The van der Waals surface area contributed by atoms with Crippen molar-refractivity contribution in [2.45, 2.75) is 25.4 Å². The van der Waals surface area contributed by atoms with E-state index in [0.717, 1.165) is 22.9 Å². The van der Waals surface area contributed by atoms with Crippen LogP contribution >= 0.6 is 27.5 Å². The molecule has 0 aliphatic heterocycles. The van der Waals surface area contributed by atoms with Gasteiger partial charge in [-0.15, -0.1) is 0 Å². The third kappa shape index (κ3) is 3.44. The third-order valence-corrected chi connectivity index (χ3v) is 3.89. The second kappa shape index (κ2) is 5.38. The van der Waals surface area contributed by atoms with E-state index in [1.54, 1.807) is 6.07 Å². The molecule has 1 aromatic carbocycles. The summed E-state index contributed by atoms with van der Waals surface area (Å²) in [6.07, 6.45) is 2.00. The molecule has 3 nitrogen and oxygen atoms in total. The first kappa shape index (κ1) is 12.9. The van der Waals surface area contributed by atoms with Gasteiger partial charge in [0.2, 0.25) is 0 Å². The lowest BCUT2D eigenvalue weighted by Gasteiger charge is -2.14. The topological polar surface area (TPSA) is 49.3 Å². The van der Waals surface area contributed by atoms with Crippen LogP contribution in [0.25, 0.3) is 0 Å². The number of nitrogens with one attached hydrogen (secondary N) is 1. The van der Waals surface area contributed by atoms with Gasteiger partial charge >= 0.3 is 5.97 Å². The van der Waals surface area contributed by atoms with Crippen LogP contribution in [0.5, 0.6) is 0 Å². The second-order valence-corrected chi connectivity index (χ2v) is 5.56. The van der Waals surface area contributed by atoms with Crippen LogP contribution in [-0.4, -0.2) is 17.1 Å². The Kier molecular flexibility index (Phi) is 4.07. The fourth-order valence-electron chi connectivity index (χ4n) is 1.78. The highest BCUT2D eigenvalue weighted by atomic mass is 79.9. The molecular formula is C12H13BrClNO2. The van der Waals surface area contributed by atoms with Crippen molar-refractivity contribution in [2.75, 3.05) is 0 Å². The smallest absolute Gasteiger partial charge is 0.320 e. The highest BCUT2D eigenvalue weighted by Crippen LogP contribution is 2.33. The van der Waals surface area contributed by atoms with Crippen molar-refractivity contribution in [1.82, 2.24) is 5.32 Å². The van der Waals surface area contributed by atoms with Crippen LogP contribution in [0.2, 0.25) is 5.02 Å². The first-order valence-electron chi connectivity index (χ1n) is 5.48. The number of carbonyl (C=O) groups is 1. The zero-order valence-electron chi connectivity index (χ0n) is 9.12. The SMILES string of the molecule is O=C(O)C(NCc1cc(Cl)ccc1Br)C1CC1. The van der Waals surface area contributed by atoms with E-state index in [1.807, 2.05) is 12.1 Å². The fraction of sp³-hybridized carbons (Fsp3) is 0.417. The maximum absolute atomic E-state index is 11.1.